The molecule has 0 unspecified atom stereocenters. The van der Waals surface area contributed by atoms with E-state index in [0.29, 0.717) is 23.4 Å². The Kier molecular flexibility index (Phi) is 5.60. The van der Waals surface area contributed by atoms with Gasteiger partial charge in [-0.3, -0.25) is 19.7 Å². The maximum atomic E-state index is 13.3. The normalized spacial score (nSPS) is 17.7. The first-order chi connectivity index (χ1) is 16.8. The standard InChI is InChI=1S/C25H22FN5O3S/c1-3-25(17-7-5-4-6-8-17)23(33)31(24(34)27-25)29-21(32)20-13-19-15(2)28-30(22(19)35-20)14-16-9-11-18(26)12-10-16/h4-13H,3,14H2,1-2H3,(H,27,34)(H,29,32)/t25-/m1/s1. The van der Waals surface area contributed by atoms with E-state index in [-0.39, 0.29) is 5.82 Å². The molecule has 8 nitrogen and oxygen atoms in total. The number of aromatic nitrogens is 2. The zero-order chi connectivity index (χ0) is 24.7. The quantitative estimate of drug-likeness (QED) is 0.397. The molecule has 10 heteroatoms. The number of carbonyl (C=O) groups excluding carboxylic acids is 3. The van der Waals surface area contributed by atoms with E-state index in [0.717, 1.165) is 26.5 Å². The molecule has 1 fully saturated rings. The van der Waals surface area contributed by atoms with Crippen molar-refractivity contribution < 1.29 is 18.8 Å². The van der Waals surface area contributed by atoms with Crippen molar-refractivity contribution in [3.05, 3.63) is 88.2 Å². The smallest absolute Gasteiger partial charge is 0.318 e. The second-order valence-corrected chi connectivity index (χ2v) is 9.37. The molecule has 0 aliphatic carbocycles. The summed E-state index contributed by atoms with van der Waals surface area (Å²) in [4.78, 5) is 40.2. The van der Waals surface area contributed by atoms with Crippen LogP contribution >= 0.6 is 11.3 Å². The molecule has 4 amide bonds. The molecule has 35 heavy (non-hydrogen) atoms. The van der Waals surface area contributed by atoms with Crippen LogP contribution in [0.15, 0.2) is 60.7 Å². The maximum Gasteiger partial charge on any atom is 0.344 e. The Morgan fingerprint density at radius 2 is 1.86 bits per heavy atom. The number of nitrogens with zero attached hydrogens (tertiary/aromatic N) is 3. The van der Waals surface area contributed by atoms with Crippen molar-refractivity contribution in [3.63, 3.8) is 0 Å². The van der Waals surface area contributed by atoms with Crippen molar-refractivity contribution in [2.24, 2.45) is 0 Å². The van der Waals surface area contributed by atoms with Gasteiger partial charge in [0.25, 0.3) is 11.8 Å². The molecule has 0 bridgehead atoms. The number of aryl methyl sites for hydroxylation is 1. The van der Waals surface area contributed by atoms with Gasteiger partial charge in [0.1, 0.15) is 16.2 Å². The summed E-state index contributed by atoms with van der Waals surface area (Å²) in [5.74, 6) is -1.42. The molecule has 0 spiro atoms. The summed E-state index contributed by atoms with van der Waals surface area (Å²) in [6, 6.07) is 16.1. The number of halogens is 1. The molecular formula is C25H22FN5O3S. The lowest BCUT2D eigenvalue weighted by atomic mass is 9.87. The van der Waals surface area contributed by atoms with Gasteiger partial charge in [0.2, 0.25) is 0 Å². The van der Waals surface area contributed by atoms with Crippen molar-refractivity contribution in [1.29, 1.82) is 0 Å². The summed E-state index contributed by atoms with van der Waals surface area (Å²) >= 11 is 1.21. The van der Waals surface area contributed by atoms with E-state index in [4.69, 9.17) is 0 Å². The van der Waals surface area contributed by atoms with Gasteiger partial charge in [-0.25, -0.2) is 9.18 Å². The Balaban J connectivity index is 1.39. The minimum atomic E-state index is -1.24. The Bertz CT molecular complexity index is 1450. The molecule has 1 aliphatic rings. The van der Waals surface area contributed by atoms with E-state index in [1.165, 1.54) is 23.5 Å². The van der Waals surface area contributed by atoms with Gasteiger partial charge in [0.15, 0.2) is 0 Å². The van der Waals surface area contributed by atoms with Crippen molar-refractivity contribution in [2.45, 2.75) is 32.4 Å². The molecule has 2 N–H and O–H groups in total. The maximum absolute atomic E-state index is 13.3. The number of amides is 4. The zero-order valence-electron chi connectivity index (χ0n) is 19.0. The van der Waals surface area contributed by atoms with Crippen LogP contribution in [0, 0.1) is 12.7 Å². The average Bonchev–Trinajstić information content (AvgIpc) is 3.50. The van der Waals surface area contributed by atoms with Gasteiger partial charge in [-0.05, 0) is 42.7 Å². The van der Waals surface area contributed by atoms with E-state index >= 15 is 0 Å². The van der Waals surface area contributed by atoms with E-state index < -0.39 is 23.4 Å². The van der Waals surface area contributed by atoms with Crippen LogP contribution in [0.25, 0.3) is 10.2 Å². The van der Waals surface area contributed by atoms with Gasteiger partial charge in [0, 0.05) is 5.39 Å². The summed E-state index contributed by atoms with van der Waals surface area (Å²) < 4.78 is 15.0. The highest BCUT2D eigenvalue weighted by atomic mass is 32.1. The van der Waals surface area contributed by atoms with Crippen LogP contribution in [0.3, 0.4) is 0 Å². The van der Waals surface area contributed by atoms with Crippen molar-refractivity contribution in [3.8, 4) is 0 Å². The van der Waals surface area contributed by atoms with Gasteiger partial charge < -0.3 is 5.32 Å². The van der Waals surface area contributed by atoms with Crippen molar-refractivity contribution >= 4 is 39.4 Å². The lowest BCUT2D eigenvalue weighted by Crippen LogP contribution is -2.48. The van der Waals surface area contributed by atoms with E-state index in [2.05, 4.69) is 15.8 Å². The third-order valence-electron chi connectivity index (χ3n) is 6.18. The van der Waals surface area contributed by atoms with Gasteiger partial charge in [-0.2, -0.15) is 10.1 Å². The van der Waals surface area contributed by atoms with Crippen LogP contribution in [0.1, 0.15) is 39.8 Å². The number of urea groups is 1. The van der Waals surface area contributed by atoms with Crippen LogP contribution in [-0.4, -0.2) is 32.6 Å². The van der Waals surface area contributed by atoms with E-state index in [1.54, 1.807) is 54.1 Å². The average molecular weight is 492 g/mol. The van der Waals surface area contributed by atoms with Crippen LogP contribution in [0.5, 0.6) is 0 Å². The second-order valence-electron chi connectivity index (χ2n) is 8.34. The van der Waals surface area contributed by atoms with Crippen molar-refractivity contribution in [1.82, 2.24) is 25.5 Å². The first kappa shape index (κ1) is 22.7. The molecule has 1 atom stereocenters. The summed E-state index contributed by atoms with van der Waals surface area (Å²) in [5.41, 5.74) is 3.49. The monoisotopic (exact) mass is 491 g/mol. The number of hydrogen-bond acceptors (Lipinski definition) is 5. The Morgan fingerprint density at radius 1 is 1.14 bits per heavy atom. The van der Waals surface area contributed by atoms with Crippen molar-refractivity contribution in [2.75, 3.05) is 0 Å². The van der Waals surface area contributed by atoms with Gasteiger partial charge in [0.05, 0.1) is 17.1 Å². The molecule has 178 valence electrons. The number of hydrogen-bond donors (Lipinski definition) is 2. The first-order valence-corrected chi connectivity index (χ1v) is 11.9. The number of thiophene rings is 1. The Hall–Kier alpha value is -4.05. The number of hydrazine groups is 1. The minimum Gasteiger partial charge on any atom is -0.318 e. The third-order valence-corrected chi connectivity index (χ3v) is 7.33. The lowest BCUT2D eigenvalue weighted by molar-refractivity contribution is -0.133. The largest absolute Gasteiger partial charge is 0.344 e. The highest BCUT2D eigenvalue weighted by Crippen LogP contribution is 2.32. The van der Waals surface area contributed by atoms with Crippen LogP contribution in [-0.2, 0) is 16.9 Å². The molecule has 1 aliphatic heterocycles. The highest BCUT2D eigenvalue weighted by Gasteiger charge is 2.52. The van der Waals surface area contributed by atoms with Crippen LogP contribution < -0.4 is 10.7 Å². The molecule has 1 saturated heterocycles. The molecule has 0 radical (unpaired) electrons. The SMILES string of the molecule is CC[C@]1(c2ccccc2)NC(=O)N(NC(=O)c2cc3c(C)nn(Cc4ccc(F)cc4)c3s2)C1=O. The molecule has 2 aromatic carbocycles. The fourth-order valence-corrected chi connectivity index (χ4v) is 5.34. The summed E-state index contributed by atoms with van der Waals surface area (Å²) in [5, 5.41) is 8.83. The fraction of sp³-hybridized carbons (Fsp3) is 0.200. The predicted molar refractivity (Wildman–Crippen MR) is 129 cm³/mol. The predicted octanol–water partition coefficient (Wildman–Crippen LogP) is 4.10. The number of rotatable bonds is 6. The number of fused-ring (bicyclic) bond motifs is 1. The van der Waals surface area contributed by atoms with E-state index in [1.807, 2.05) is 13.0 Å². The number of nitrogens with one attached hydrogen (secondary N) is 2. The third kappa shape index (κ3) is 3.85. The second kappa shape index (κ2) is 8.62. The van der Waals surface area contributed by atoms with Crippen LogP contribution in [0.2, 0.25) is 0 Å². The minimum absolute atomic E-state index is 0.314. The summed E-state index contributed by atoms with van der Waals surface area (Å²) in [6.07, 6.45) is 0.329. The van der Waals surface area contributed by atoms with Gasteiger partial charge in [-0.15, -0.1) is 11.3 Å². The van der Waals surface area contributed by atoms with Gasteiger partial charge >= 0.3 is 6.03 Å². The summed E-state index contributed by atoms with van der Waals surface area (Å²) in [6.45, 7) is 4.05. The lowest BCUT2D eigenvalue weighted by Gasteiger charge is -2.25. The molecule has 2 aromatic heterocycles. The topological polar surface area (TPSA) is 96.3 Å². The Morgan fingerprint density at radius 3 is 2.54 bits per heavy atom. The molecule has 4 aromatic rings. The molecule has 3 heterocycles. The zero-order valence-corrected chi connectivity index (χ0v) is 19.9. The number of carbonyl (C=O) groups is 3. The number of benzene rings is 2. The summed E-state index contributed by atoms with van der Waals surface area (Å²) in [7, 11) is 0. The van der Waals surface area contributed by atoms with E-state index in [9.17, 15) is 18.8 Å². The molecular weight excluding hydrogens is 469 g/mol. The highest BCUT2D eigenvalue weighted by molar-refractivity contribution is 7.20. The van der Waals surface area contributed by atoms with Gasteiger partial charge in [-0.1, -0.05) is 49.4 Å². The molecule has 0 saturated carbocycles. The fourth-order valence-electron chi connectivity index (χ4n) is 4.29. The first-order valence-electron chi connectivity index (χ1n) is 11.1. The molecule has 5 rings (SSSR count). The number of imide groups is 1. The van der Waals surface area contributed by atoms with Crippen LogP contribution in [0.4, 0.5) is 9.18 Å². The Labute approximate surface area is 204 Å².